The second kappa shape index (κ2) is 7.08. The molecule has 1 aromatic heterocycles. The fourth-order valence-corrected chi connectivity index (χ4v) is 2.44. The molecule has 0 bridgehead atoms. The zero-order chi connectivity index (χ0) is 15.2. The molecule has 2 N–H and O–H groups in total. The molecule has 21 heavy (non-hydrogen) atoms. The van der Waals surface area contributed by atoms with E-state index in [0.29, 0.717) is 23.9 Å². The van der Waals surface area contributed by atoms with Crippen molar-refractivity contribution < 1.29 is 14.3 Å². The molecule has 5 nitrogen and oxygen atoms in total. The van der Waals surface area contributed by atoms with Crippen LogP contribution in [-0.2, 0) is 9.53 Å². The van der Waals surface area contributed by atoms with Crippen molar-refractivity contribution in [1.82, 2.24) is 4.98 Å². The van der Waals surface area contributed by atoms with Crippen LogP contribution in [0.25, 0.3) is 11.3 Å². The summed E-state index contributed by atoms with van der Waals surface area (Å²) in [4.78, 5) is 16.1. The molecule has 0 fully saturated rings. The summed E-state index contributed by atoms with van der Waals surface area (Å²) in [6.45, 7) is 3.99. The van der Waals surface area contributed by atoms with Gasteiger partial charge in [0.1, 0.15) is 5.75 Å². The number of nitrogens with two attached hydrogens (primary N) is 1. The van der Waals surface area contributed by atoms with E-state index in [0.717, 1.165) is 11.3 Å². The number of para-hydroxylation sites is 1. The number of hydrogen-bond acceptors (Lipinski definition) is 6. The van der Waals surface area contributed by atoms with Gasteiger partial charge in [-0.3, -0.25) is 0 Å². The highest BCUT2D eigenvalue weighted by Crippen LogP contribution is 2.32. The largest absolute Gasteiger partial charge is 0.478 e. The number of thiazole rings is 1. The Balaban J connectivity index is 2.25. The number of carbonyl (C=O) groups is 1. The van der Waals surface area contributed by atoms with Gasteiger partial charge in [0, 0.05) is 10.9 Å². The summed E-state index contributed by atoms with van der Waals surface area (Å²) >= 11 is 1.37. The topological polar surface area (TPSA) is 74.4 Å². The van der Waals surface area contributed by atoms with Crippen molar-refractivity contribution in [2.24, 2.45) is 0 Å². The van der Waals surface area contributed by atoms with Crippen molar-refractivity contribution in [3.05, 3.63) is 29.6 Å². The van der Waals surface area contributed by atoms with E-state index in [4.69, 9.17) is 15.2 Å². The van der Waals surface area contributed by atoms with Gasteiger partial charge in [0.2, 0.25) is 0 Å². The van der Waals surface area contributed by atoms with Crippen LogP contribution in [0.15, 0.2) is 29.6 Å². The molecule has 0 saturated heterocycles. The molecule has 0 spiro atoms. The lowest BCUT2D eigenvalue weighted by atomic mass is 10.1. The van der Waals surface area contributed by atoms with Crippen molar-refractivity contribution in [3.63, 3.8) is 0 Å². The molecule has 0 aliphatic rings. The van der Waals surface area contributed by atoms with E-state index in [9.17, 15) is 4.79 Å². The highest BCUT2D eigenvalue weighted by Gasteiger charge is 2.21. The molecule has 1 heterocycles. The van der Waals surface area contributed by atoms with Crippen LogP contribution in [0, 0.1) is 0 Å². The monoisotopic (exact) mass is 306 g/mol. The van der Waals surface area contributed by atoms with Gasteiger partial charge in [0.15, 0.2) is 11.2 Å². The molecular formula is C15H18N2O3S. The Bertz CT molecular complexity index is 612. The summed E-state index contributed by atoms with van der Waals surface area (Å²) in [5.41, 5.74) is 7.23. The fourth-order valence-electron chi connectivity index (χ4n) is 1.88. The zero-order valence-electron chi connectivity index (χ0n) is 12.0. The molecule has 0 saturated carbocycles. The summed E-state index contributed by atoms with van der Waals surface area (Å²) in [6, 6.07) is 7.45. The van der Waals surface area contributed by atoms with Crippen molar-refractivity contribution in [3.8, 4) is 17.0 Å². The van der Waals surface area contributed by atoms with Crippen molar-refractivity contribution in [2.45, 2.75) is 26.4 Å². The molecule has 1 atom stereocenters. The standard InChI is InChI=1S/C15H18N2O3S/c1-3-12(14(18)19-4-2)20-13-8-6-5-7-10(13)11-9-21-15(16)17-11/h5-9,12H,3-4H2,1-2H3,(H2,16,17). The van der Waals surface area contributed by atoms with Gasteiger partial charge in [0.25, 0.3) is 0 Å². The molecule has 2 aromatic rings. The van der Waals surface area contributed by atoms with E-state index in [-0.39, 0.29) is 5.97 Å². The number of benzene rings is 1. The van der Waals surface area contributed by atoms with Crippen LogP contribution >= 0.6 is 11.3 Å². The molecule has 0 aliphatic heterocycles. The lowest BCUT2D eigenvalue weighted by molar-refractivity contribution is -0.151. The highest BCUT2D eigenvalue weighted by molar-refractivity contribution is 7.13. The number of rotatable bonds is 6. The van der Waals surface area contributed by atoms with Crippen LogP contribution in [0.1, 0.15) is 20.3 Å². The lowest BCUT2D eigenvalue weighted by Gasteiger charge is -2.17. The quantitative estimate of drug-likeness (QED) is 0.830. The third-order valence-corrected chi connectivity index (χ3v) is 3.55. The van der Waals surface area contributed by atoms with Crippen LogP contribution in [0.5, 0.6) is 5.75 Å². The summed E-state index contributed by atoms with van der Waals surface area (Å²) in [7, 11) is 0. The average Bonchev–Trinajstić information content (AvgIpc) is 2.91. The second-order valence-electron chi connectivity index (χ2n) is 4.33. The Kier molecular flexibility index (Phi) is 5.16. The zero-order valence-corrected chi connectivity index (χ0v) is 12.9. The van der Waals surface area contributed by atoms with E-state index in [1.165, 1.54) is 11.3 Å². The fraction of sp³-hybridized carbons (Fsp3) is 0.333. The van der Waals surface area contributed by atoms with Gasteiger partial charge in [-0.25, -0.2) is 9.78 Å². The van der Waals surface area contributed by atoms with Gasteiger partial charge in [0.05, 0.1) is 12.3 Å². The first-order valence-electron chi connectivity index (χ1n) is 6.79. The highest BCUT2D eigenvalue weighted by atomic mass is 32.1. The minimum Gasteiger partial charge on any atom is -0.478 e. The van der Waals surface area contributed by atoms with Crippen LogP contribution < -0.4 is 10.5 Å². The van der Waals surface area contributed by atoms with Crippen molar-refractivity contribution in [1.29, 1.82) is 0 Å². The van der Waals surface area contributed by atoms with Gasteiger partial charge >= 0.3 is 5.97 Å². The number of aromatic nitrogens is 1. The summed E-state index contributed by atoms with van der Waals surface area (Å²) in [6.07, 6.45) is -0.0890. The average molecular weight is 306 g/mol. The molecule has 0 aliphatic carbocycles. The van der Waals surface area contributed by atoms with E-state index < -0.39 is 6.10 Å². The van der Waals surface area contributed by atoms with Crippen molar-refractivity contribution in [2.75, 3.05) is 12.3 Å². The predicted molar refractivity (Wildman–Crippen MR) is 83.3 cm³/mol. The number of nitrogens with zero attached hydrogens (tertiary/aromatic N) is 1. The number of esters is 1. The maximum absolute atomic E-state index is 11.8. The summed E-state index contributed by atoms with van der Waals surface area (Å²) in [5, 5.41) is 2.36. The smallest absolute Gasteiger partial charge is 0.347 e. The summed E-state index contributed by atoms with van der Waals surface area (Å²) in [5.74, 6) is 0.246. The van der Waals surface area contributed by atoms with Crippen molar-refractivity contribution >= 4 is 22.4 Å². The number of carbonyl (C=O) groups excluding carboxylic acids is 1. The second-order valence-corrected chi connectivity index (χ2v) is 5.22. The first-order valence-corrected chi connectivity index (χ1v) is 7.67. The SMILES string of the molecule is CCOC(=O)C(CC)Oc1ccccc1-c1csc(N)n1. The number of ether oxygens (including phenoxy) is 2. The van der Waals surface area contributed by atoms with Gasteiger partial charge in [-0.1, -0.05) is 19.1 Å². The normalized spacial score (nSPS) is 11.9. The molecule has 2 rings (SSSR count). The predicted octanol–water partition coefficient (Wildman–Crippen LogP) is 3.11. The van der Waals surface area contributed by atoms with Crippen LogP contribution in [0.2, 0.25) is 0 Å². The number of nitrogen functional groups attached to an aromatic ring is 1. The van der Waals surface area contributed by atoms with Crippen LogP contribution in [0.4, 0.5) is 5.13 Å². The minimum atomic E-state index is -0.623. The Hall–Kier alpha value is -2.08. The molecular weight excluding hydrogens is 288 g/mol. The summed E-state index contributed by atoms with van der Waals surface area (Å²) < 4.78 is 10.8. The maximum Gasteiger partial charge on any atom is 0.347 e. The Morgan fingerprint density at radius 2 is 2.14 bits per heavy atom. The van der Waals surface area contributed by atoms with E-state index in [1.54, 1.807) is 6.92 Å². The van der Waals surface area contributed by atoms with Crippen LogP contribution in [0.3, 0.4) is 0 Å². The minimum absolute atomic E-state index is 0.336. The number of anilines is 1. The van der Waals surface area contributed by atoms with Gasteiger partial charge in [-0.2, -0.15) is 0 Å². The van der Waals surface area contributed by atoms with Crippen LogP contribution in [-0.4, -0.2) is 23.7 Å². The molecule has 112 valence electrons. The maximum atomic E-state index is 11.8. The van der Waals surface area contributed by atoms with Gasteiger partial charge in [-0.15, -0.1) is 11.3 Å². The van der Waals surface area contributed by atoms with E-state index >= 15 is 0 Å². The Morgan fingerprint density at radius 1 is 1.38 bits per heavy atom. The number of hydrogen-bond donors (Lipinski definition) is 1. The van der Waals surface area contributed by atoms with E-state index in [2.05, 4.69) is 4.98 Å². The van der Waals surface area contributed by atoms with Gasteiger partial charge in [-0.05, 0) is 25.5 Å². The van der Waals surface area contributed by atoms with Gasteiger partial charge < -0.3 is 15.2 Å². The molecule has 0 amide bonds. The Labute approximate surface area is 127 Å². The molecule has 1 aromatic carbocycles. The van der Waals surface area contributed by atoms with E-state index in [1.807, 2.05) is 36.6 Å². The first-order chi connectivity index (χ1) is 10.2. The molecule has 1 unspecified atom stereocenters. The molecule has 0 radical (unpaired) electrons. The Morgan fingerprint density at radius 3 is 2.76 bits per heavy atom. The lowest BCUT2D eigenvalue weighted by Crippen LogP contribution is -2.28. The molecule has 6 heteroatoms. The third kappa shape index (κ3) is 3.72. The first kappa shape index (κ1) is 15.3. The third-order valence-electron chi connectivity index (χ3n) is 2.87.